The highest BCUT2D eigenvalue weighted by atomic mass is 35.5. The first-order chi connectivity index (χ1) is 17.1. The Morgan fingerprint density at radius 2 is 1.59 bits per heavy atom. The molecule has 5 aliphatic rings. The van der Waals surface area contributed by atoms with Crippen LogP contribution >= 0.6 is 11.6 Å². The van der Waals surface area contributed by atoms with Crippen LogP contribution in [0.4, 0.5) is 0 Å². The lowest BCUT2D eigenvalue weighted by atomic mass is 9.37. The highest BCUT2D eigenvalue weighted by molar-refractivity contribution is 6.18. The van der Waals surface area contributed by atoms with Crippen LogP contribution < -0.4 is 0 Å². The molecule has 37 heavy (non-hydrogen) atoms. The third-order valence-corrected chi connectivity index (χ3v) is 13.0. The molecule has 3 saturated carbocycles. The summed E-state index contributed by atoms with van der Waals surface area (Å²) in [6.45, 7) is 10.6. The van der Waals surface area contributed by atoms with Gasteiger partial charge < -0.3 is 20.4 Å². The number of carboxylic acid groups (broad SMARTS) is 2. The van der Waals surface area contributed by atoms with E-state index >= 15 is 0 Å². The van der Waals surface area contributed by atoms with Crippen molar-refractivity contribution in [3.8, 4) is 0 Å². The molecule has 0 spiro atoms. The maximum Gasteiger partial charge on any atom is 0.312 e. The molecule has 5 aliphatic carbocycles. The Morgan fingerprint density at radius 3 is 2.19 bits per heavy atom. The molecule has 7 heteroatoms. The number of hydrogen-bond acceptors (Lipinski definition) is 4. The molecule has 4 N–H and O–H groups in total. The number of allylic oxidation sites excluding steroid dienone is 2. The fourth-order valence-corrected chi connectivity index (χ4v) is 10.9. The lowest BCUT2D eigenvalue weighted by molar-refractivity contribution is -0.225. The predicted molar refractivity (Wildman–Crippen MR) is 141 cm³/mol. The molecule has 0 radical (unpaired) electrons. The summed E-state index contributed by atoms with van der Waals surface area (Å²) >= 11 is 6.72. The SMILES string of the molecule is CC1(C)CC[C@@]2(C(=O)O)CCC3=C([C@H](CCl)C[C@H]4[C@@]5(C)C[C@H](O)[C@H](O)[C@@](C)(C(=O)O)[C@@H]5CC[C@]34C)[C@H]2C1. The summed E-state index contributed by atoms with van der Waals surface area (Å²) in [5.74, 6) is -1.43. The van der Waals surface area contributed by atoms with Gasteiger partial charge in [0.05, 0.1) is 23.0 Å². The third-order valence-electron chi connectivity index (χ3n) is 12.6. The maximum atomic E-state index is 12.8. The van der Waals surface area contributed by atoms with E-state index in [2.05, 4.69) is 27.7 Å². The van der Waals surface area contributed by atoms with Crippen LogP contribution in [0.3, 0.4) is 0 Å². The number of aliphatic carboxylic acids is 2. The first-order valence-electron chi connectivity index (χ1n) is 14.2. The van der Waals surface area contributed by atoms with E-state index in [4.69, 9.17) is 11.6 Å². The van der Waals surface area contributed by atoms with Crippen molar-refractivity contribution in [1.29, 1.82) is 0 Å². The first kappa shape index (κ1) is 27.5. The van der Waals surface area contributed by atoms with Gasteiger partial charge in [-0.1, -0.05) is 38.8 Å². The molecule has 0 aliphatic heterocycles. The van der Waals surface area contributed by atoms with Crippen molar-refractivity contribution < 1.29 is 30.0 Å². The fraction of sp³-hybridized carbons (Fsp3) is 0.867. The van der Waals surface area contributed by atoms with Crippen LogP contribution in [0.15, 0.2) is 11.1 Å². The Morgan fingerprint density at radius 1 is 0.919 bits per heavy atom. The van der Waals surface area contributed by atoms with Crippen LogP contribution in [0.5, 0.6) is 0 Å². The monoisotopic (exact) mass is 536 g/mol. The minimum absolute atomic E-state index is 0.0207. The zero-order valence-corrected chi connectivity index (χ0v) is 23.8. The van der Waals surface area contributed by atoms with Crippen molar-refractivity contribution in [2.45, 2.75) is 105 Å². The van der Waals surface area contributed by atoms with Crippen molar-refractivity contribution in [1.82, 2.24) is 0 Å². The number of carboxylic acids is 2. The van der Waals surface area contributed by atoms with Crippen LogP contribution in [0.1, 0.15) is 92.4 Å². The molecule has 208 valence electrons. The van der Waals surface area contributed by atoms with E-state index in [1.165, 1.54) is 11.1 Å². The molecule has 0 bridgehead atoms. The minimum atomic E-state index is -1.42. The van der Waals surface area contributed by atoms with E-state index in [9.17, 15) is 30.0 Å². The normalized spacial score (nSPS) is 50.8. The summed E-state index contributed by atoms with van der Waals surface area (Å²) in [6, 6.07) is 0. The van der Waals surface area contributed by atoms with Gasteiger partial charge in [0.2, 0.25) is 0 Å². The third kappa shape index (κ3) is 3.50. The lowest BCUT2D eigenvalue weighted by Gasteiger charge is -2.67. The second-order valence-electron chi connectivity index (χ2n) is 14.8. The standard InChI is InChI=1S/C30H45ClO6/c1-26(2)10-11-30(25(36)37)9-6-17-22(18(30)13-26)16(15-31)12-21-27(17,3)8-7-20-28(21,4)14-19(32)23(33)29(20,5)24(34)35/h16,18-21,23,32-33H,6-15H2,1-5H3,(H,34,35)(H,36,37)/t16-,18+,19-,20+,21+,23-,27+,28-,29-,30-/m0/s1. The van der Waals surface area contributed by atoms with Crippen LogP contribution in [-0.2, 0) is 9.59 Å². The van der Waals surface area contributed by atoms with Gasteiger partial charge in [-0.05, 0) is 105 Å². The van der Waals surface area contributed by atoms with E-state index in [1.54, 1.807) is 6.92 Å². The molecule has 0 saturated heterocycles. The molecular weight excluding hydrogens is 492 g/mol. The van der Waals surface area contributed by atoms with Crippen molar-refractivity contribution in [3.63, 3.8) is 0 Å². The summed E-state index contributed by atoms with van der Waals surface area (Å²) in [5, 5.41) is 42.7. The van der Waals surface area contributed by atoms with Gasteiger partial charge in [0.1, 0.15) is 0 Å². The van der Waals surface area contributed by atoms with Gasteiger partial charge in [-0.25, -0.2) is 0 Å². The molecule has 10 atom stereocenters. The molecular formula is C30H45ClO6. The summed E-state index contributed by atoms with van der Waals surface area (Å²) in [6.07, 6.45) is 4.09. The van der Waals surface area contributed by atoms with Gasteiger partial charge in [0.25, 0.3) is 0 Å². The Bertz CT molecular complexity index is 1040. The van der Waals surface area contributed by atoms with Crippen molar-refractivity contribution in [3.05, 3.63) is 11.1 Å². The molecule has 5 rings (SSSR count). The summed E-state index contributed by atoms with van der Waals surface area (Å²) in [4.78, 5) is 25.4. The number of carbonyl (C=O) groups is 2. The second-order valence-corrected chi connectivity index (χ2v) is 15.1. The Hall–Kier alpha value is -1.11. The van der Waals surface area contributed by atoms with Gasteiger partial charge in [-0.2, -0.15) is 0 Å². The van der Waals surface area contributed by atoms with Crippen molar-refractivity contribution in [2.24, 2.45) is 50.7 Å². The van der Waals surface area contributed by atoms with E-state index in [0.717, 1.165) is 32.1 Å². The van der Waals surface area contributed by atoms with Crippen LogP contribution in [-0.4, -0.2) is 50.5 Å². The first-order valence-corrected chi connectivity index (χ1v) is 14.7. The molecule has 0 unspecified atom stereocenters. The average molecular weight is 537 g/mol. The zero-order valence-electron chi connectivity index (χ0n) is 23.0. The number of halogens is 1. The topological polar surface area (TPSA) is 115 Å². The van der Waals surface area contributed by atoms with Crippen LogP contribution in [0, 0.1) is 50.7 Å². The number of aliphatic hydroxyl groups is 2. The van der Waals surface area contributed by atoms with Gasteiger partial charge in [0.15, 0.2) is 0 Å². The number of aliphatic hydroxyl groups excluding tert-OH is 2. The van der Waals surface area contributed by atoms with Gasteiger partial charge in [-0.3, -0.25) is 9.59 Å². The minimum Gasteiger partial charge on any atom is -0.481 e. The van der Waals surface area contributed by atoms with Crippen LogP contribution in [0.2, 0.25) is 0 Å². The van der Waals surface area contributed by atoms with E-state index in [1.807, 2.05) is 0 Å². The second kappa shape index (κ2) is 8.44. The van der Waals surface area contributed by atoms with Crippen molar-refractivity contribution in [2.75, 3.05) is 5.88 Å². The quantitative estimate of drug-likeness (QED) is 0.280. The summed E-state index contributed by atoms with van der Waals surface area (Å²) in [7, 11) is 0. The maximum absolute atomic E-state index is 12.8. The van der Waals surface area contributed by atoms with Gasteiger partial charge >= 0.3 is 11.9 Å². The highest BCUT2D eigenvalue weighted by Crippen LogP contribution is 2.72. The Balaban J connectivity index is 1.65. The summed E-state index contributed by atoms with van der Waals surface area (Å²) in [5.41, 5.74) is -0.0655. The smallest absolute Gasteiger partial charge is 0.312 e. The van der Waals surface area contributed by atoms with E-state index in [0.29, 0.717) is 31.6 Å². The number of rotatable bonds is 3. The zero-order chi connectivity index (χ0) is 27.3. The molecule has 0 aromatic carbocycles. The number of fused-ring (bicyclic) bond motifs is 6. The highest BCUT2D eigenvalue weighted by Gasteiger charge is 2.69. The fourth-order valence-electron chi connectivity index (χ4n) is 10.6. The Labute approximate surface area is 225 Å². The molecule has 3 fully saturated rings. The number of alkyl halides is 1. The number of hydrogen-bond donors (Lipinski definition) is 4. The lowest BCUT2D eigenvalue weighted by Crippen LogP contribution is -2.67. The van der Waals surface area contributed by atoms with Gasteiger partial charge in [-0.15, -0.1) is 11.6 Å². The molecule has 0 aromatic rings. The predicted octanol–water partition coefficient (Wildman–Crippen LogP) is 5.49. The van der Waals surface area contributed by atoms with Gasteiger partial charge in [0, 0.05) is 5.88 Å². The van der Waals surface area contributed by atoms with E-state index < -0.39 is 40.4 Å². The Kier molecular flexibility index (Phi) is 6.27. The van der Waals surface area contributed by atoms with Crippen molar-refractivity contribution >= 4 is 23.5 Å². The summed E-state index contributed by atoms with van der Waals surface area (Å²) < 4.78 is 0. The van der Waals surface area contributed by atoms with Crippen LogP contribution in [0.25, 0.3) is 0 Å². The molecule has 6 nitrogen and oxygen atoms in total. The molecule has 0 aromatic heterocycles. The van der Waals surface area contributed by atoms with E-state index in [-0.39, 0.29) is 34.5 Å². The average Bonchev–Trinajstić information content (AvgIpc) is 2.81. The largest absolute Gasteiger partial charge is 0.481 e. The molecule has 0 heterocycles. The molecule has 0 amide bonds.